The average molecular weight is 179 g/mol. The van der Waals surface area contributed by atoms with E-state index in [9.17, 15) is 0 Å². The van der Waals surface area contributed by atoms with Crippen LogP contribution in [0.2, 0.25) is 0 Å². The third-order valence-corrected chi connectivity index (χ3v) is 2.57. The highest BCUT2D eigenvalue weighted by Gasteiger charge is 2.22. The lowest BCUT2D eigenvalue weighted by Crippen LogP contribution is -2.17. The molecular formula is C11H16N2. The molecule has 1 aromatic heterocycles. The van der Waals surface area contributed by atoms with Crippen molar-refractivity contribution < 1.29 is 4.11 Å². The standard InChI is InChI=1S/C11H16N2/c1-9-5-6-10(8-12-9)11-4-3-7-13(11)2/h5-6,8,11H,3-4,7H2,1-2H3/t11-/m0/s1/i2D3. The van der Waals surface area contributed by atoms with Crippen LogP contribution in [0.4, 0.5) is 0 Å². The largest absolute Gasteiger partial charge is 0.299 e. The first-order chi connectivity index (χ1) is 7.48. The fraction of sp³-hybridized carbons (Fsp3) is 0.545. The number of hydrogen-bond donors (Lipinski definition) is 0. The van der Waals surface area contributed by atoms with Gasteiger partial charge in [-0.3, -0.25) is 9.88 Å². The van der Waals surface area contributed by atoms with Gasteiger partial charge in [0.1, 0.15) is 0 Å². The summed E-state index contributed by atoms with van der Waals surface area (Å²) in [6.45, 7) is 0.584. The molecule has 1 aliphatic rings. The molecule has 0 saturated carbocycles. The van der Waals surface area contributed by atoms with Gasteiger partial charge in [0, 0.05) is 22.0 Å². The molecule has 0 aromatic carbocycles. The van der Waals surface area contributed by atoms with E-state index >= 15 is 0 Å². The van der Waals surface area contributed by atoms with Gasteiger partial charge in [0.15, 0.2) is 0 Å². The molecule has 0 unspecified atom stereocenters. The summed E-state index contributed by atoms with van der Waals surface area (Å²) in [7, 11) is 0. The Bertz CT molecular complexity index is 358. The van der Waals surface area contributed by atoms with Crippen LogP contribution >= 0.6 is 0 Å². The number of likely N-dealkylation sites (tertiary alicyclic amines) is 1. The van der Waals surface area contributed by atoms with Crippen molar-refractivity contribution in [1.29, 1.82) is 0 Å². The Labute approximate surface area is 83.8 Å². The summed E-state index contributed by atoms with van der Waals surface area (Å²) in [6, 6.07) is 3.92. The topological polar surface area (TPSA) is 16.1 Å². The quantitative estimate of drug-likeness (QED) is 0.656. The zero-order valence-corrected chi connectivity index (χ0v) is 7.83. The Hall–Kier alpha value is -0.890. The molecule has 2 rings (SSSR count). The van der Waals surface area contributed by atoms with Gasteiger partial charge in [0.05, 0.1) is 0 Å². The number of pyridine rings is 1. The number of rotatable bonds is 1. The second-order valence-electron chi connectivity index (χ2n) is 3.58. The molecule has 1 saturated heterocycles. The Morgan fingerprint density at radius 2 is 2.54 bits per heavy atom. The fourth-order valence-corrected chi connectivity index (χ4v) is 1.79. The minimum Gasteiger partial charge on any atom is -0.299 e. The van der Waals surface area contributed by atoms with E-state index in [0.717, 1.165) is 24.1 Å². The molecule has 70 valence electrons. The summed E-state index contributed by atoms with van der Waals surface area (Å²) in [5.41, 5.74) is 1.97. The fourth-order valence-electron chi connectivity index (χ4n) is 1.79. The van der Waals surface area contributed by atoms with Crippen molar-refractivity contribution in [1.82, 2.24) is 9.88 Å². The van der Waals surface area contributed by atoms with Crippen molar-refractivity contribution >= 4 is 0 Å². The summed E-state index contributed by atoms with van der Waals surface area (Å²) in [6.07, 6.45) is 3.64. The third kappa shape index (κ3) is 1.73. The summed E-state index contributed by atoms with van der Waals surface area (Å²) >= 11 is 0. The molecule has 2 nitrogen and oxygen atoms in total. The van der Waals surface area contributed by atoms with E-state index in [2.05, 4.69) is 4.98 Å². The van der Waals surface area contributed by atoms with Gasteiger partial charge in [-0.25, -0.2) is 0 Å². The van der Waals surface area contributed by atoms with Crippen molar-refractivity contribution in [2.45, 2.75) is 25.8 Å². The van der Waals surface area contributed by atoms with Gasteiger partial charge in [0.25, 0.3) is 0 Å². The molecule has 0 aliphatic carbocycles. The number of aryl methyl sites for hydroxylation is 1. The van der Waals surface area contributed by atoms with E-state index in [-0.39, 0.29) is 6.04 Å². The van der Waals surface area contributed by atoms with Gasteiger partial charge in [-0.05, 0) is 44.9 Å². The number of aromatic nitrogens is 1. The van der Waals surface area contributed by atoms with Crippen LogP contribution in [-0.2, 0) is 0 Å². The number of hydrogen-bond acceptors (Lipinski definition) is 2. The second kappa shape index (κ2) is 3.46. The maximum Gasteiger partial charge on any atom is 0.0394 e. The zero-order chi connectivity index (χ0) is 11.8. The minimum atomic E-state index is -1.99. The Kier molecular flexibility index (Phi) is 1.53. The summed E-state index contributed by atoms with van der Waals surface area (Å²) in [5, 5.41) is 0. The lowest BCUT2D eigenvalue weighted by Gasteiger charge is -2.19. The molecule has 1 aliphatic heterocycles. The normalized spacial score (nSPS) is 28.1. The van der Waals surface area contributed by atoms with Gasteiger partial charge in [-0.15, -0.1) is 0 Å². The zero-order valence-electron chi connectivity index (χ0n) is 10.8. The first kappa shape index (κ1) is 5.76. The molecule has 1 fully saturated rings. The summed E-state index contributed by atoms with van der Waals surface area (Å²) in [4.78, 5) is 5.83. The molecular weight excluding hydrogens is 160 g/mol. The highest BCUT2D eigenvalue weighted by molar-refractivity contribution is 5.18. The lowest BCUT2D eigenvalue weighted by atomic mass is 10.1. The maximum atomic E-state index is 7.49. The molecule has 2 heteroatoms. The van der Waals surface area contributed by atoms with Crippen LogP contribution in [0.5, 0.6) is 0 Å². The smallest absolute Gasteiger partial charge is 0.0394 e. The first-order valence-corrected chi connectivity index (χ1v) is 4.68. The molecule has 0 spiro atoms. The Morgan fingerprint density at radius 3 is 3.23 bits per heavy atom. The molecule has 1 atom stereocenters. The van der Waals surface area contributed by atoms with Gasteiger partial charge >= 0.3 is 0 Å². The first-order valence-electron chi connectivity index (χ1n) is 6.18. The van der Waals surface area contributed by atoms with Crippen molar-refractivity contribution in [3.63, 3.8) is 0 Å². The molecule has 13 heavy (non-hydrogen) atoms. The van der Waals surface area contributed by atoms with Crippen molar-refractivity contribution in [2.24, 2.45) is 0 Å². The highest BCUT2D eigenvalue weighted by Crippen LogP contribution is 2.29. The summed E-state index contributed by atoms with van der Waals surface area (Å²) < 4.78 is 22.5. The molecule has 1 aromatic rings. The SMILES string of the molecule is [2H]C([2H])([2H])N1CCC[C@H]1c1ccc(C)nc1. The Morgan fingerprint density at radius 1 is 1.62 bits per heavy atom. The minimum absolute atomic E-state index is 0.000556. The van der Waals surface area contributed by atoms with Crippen LogP contribution in [0.25, 0.3) is 0 Å². The molecule has 0 amide bonds. The van der Waals surface area contributed by atoms with Crippen molar-refractivity contribution in [3.05, 3.63) is 29.6 Å². The van der Waals surface area contributed by atoms with Crippen LogP contribution < -0.4 is 0 Å². The second-order valence-corrected chi connectivity index (χ2v) is 3.58. The average Bonchev–Trinajstić information content (AvgIpc) is 2.66. The highest BCUT2D eigenvalue weighted by atomic mass is 15.1. The molecule has 0 N–H and O–H groups in total. The van der Waals surface area contributed by atoms with E-state index in [1.54, 1.807) is 11.1 Å². The van der Waals surface area contributed by atoms with Crippen LogP contribution in [-0.4, -0.2) is 23.4 Å². The summed E-state index contributed by atoms with van der Waals surface area (Å²) in [5.74, 6) is 0. The van der Waals surface area contributed by atoms with E-state index in [0.29, 0.717) is 6.54 Å². The van der Waals surface area contributed by atoms with E-state index in [1.807, 2.05) is 19.1 Å². The number of nitrogens with zero attached hydrogens (tertiary/aromatic N) is 2. The van der Waals surface area contributed by atoms with Crippen LogP contribution in [0.3, 0.4) is 0 Å². The van der Waals surface area contributed by atoms with Gasteiger partial charge in [-0.2, -0.15) is 0 Å². The van der Waals surface area contributed by atoms with Gasteiger partial charge in [-0.1, -0.05) is 6.07 Å². The van der Waals surface area contributed by atoms with Crippen molar-refractivity contribution in [3.8, 4) is 0 Å². The Balaban J connectivity index is 2.23. The van der Waals surface area contributed by atoms with Crippen LogP contribution in [0.15, 0.2) is 18.3 Å². The van der Waals surface area contributed by atoms with E-state index in [4.69, 9.17) is 4.11 Å². The van der Waals surface area contributed by atoms with E-state index in [1.165, 1.54) is 0 Å². The van der Waals surface area contributed by atoms with Crippen LogP contribution in [0, 0.1) is 6.92 Å². The molecule has 2 heterocycles. The van der Waals surface area contributed by atoms with Gasteiger partial charge < -0.3 is 0 Å². The lowest BCUT2D eigenvalue weighted by molar-refractivity contribution is 0.317. The molecule has 0 radical (unpaired) electrons. The maximum absolute atomic E-state index is 7.49. The predicted molar refractivity (Wildman–Crippen MR) is 53.6 cm³/mol. The van der Waals surface area contributed by atoms with E-state index < -0.39 is 6.98 Å². The molecule has 0 bridgehead atoms. The van der Waals surface area contributed by atoms with Gasteiger partial charge in [0.2, 0.25) is 0 Å². The predicted octanol–water partition coefficient (Wildman–Crippen LogP) is 2.16. The van der Waals surface area contributed by atoms with Crippen molar-refractivity contribution in [2.75, 3.05) is 13.5 Å². The van der Waals surface area contributed by atoms with Crippen LogP contribution in [0.1, 0.15) is 34.3 Å². The third-order valence-electron chi connectivity index (χ3n) is 2.57. The monoisotopic (exact) mass is 179 g/mol.